The summed E-state index contributed by atoms with van der Waals surface area (Å²) in [4.78, 5) is 24.3. The first-order valence-electron chi connectivity index (χ1n) is 8.43. The Morgan fingerprint density at radius 1 is 1.14 bits per heavy atom. The second-order valence-corrected chi connectivity index (χ2v) is 6.95. The molecular weight excluding hydrogens is 403 g/mol. The number of hydrogen-bond donors (Lipinski definition) is 2. The van der Waals surface area contributed by atoms with Crippen LogP contribution >= 0.6 is 23.2 Å². The summed E-state index contributed by atoms with van der Waals surface area (Å²) in [5, 5.41) is 6.25. The molecule has 0 fully saturated rings. The molecule has 6 nitrogen and oxygen atoms in total. The number of rotatable bonds is 5. The van der Waals surface area contributed by atoms with Crippen LogP contribution < -0.4 is 15.4 Å². The van der Waals surface area contributed by atoms with Crippen molar-refractivity contribution in [2.45, 2.75) is 19.6 Å². The van der Waals surface area contributed by atoms with Gasteiger partial charge in [-0.3, -0.25) is 0 Å². The summed E-state index contributed by atoms with van der Waals surface area (Å²) in [6.45, 7) is 1.89. The van der Waals surface area contributed by atoms with Gasteiger partial charge >= 0.3 is 12.0 Å². The van der Waals surface area contributed by atoms with E-state index >= 15 is 0 Å². The van der Waals surface area contributed by atoms with Gasteiger partial charge in [0.25, 0.3) is 0 Å². The van der Waals surface area contributed by atoms with Gasteiger partial charge in [0.05, 0.1) is 28.8 Å². The van der Waals surface area contributed by atoms with Crippen molar-refractivity contribution in [3.8, 4) is 5.75 Å². The summed E-state index contributed by atoms with van der Waals surface area (Å²) < 4.78 is 10.8. The lowest BCUT2D eigenvalue weighted by molar-refractivity contribution is -0.136. The molecule has 0 spiro atoms. The molecule has 1 aliphatic rings. The van der Waals surface area contributed by atoms with Gasteiger partial charge in [-0.25, -0.2) is 9.59 Å². The SMILES string of the molecule is COC(=O)C1=C(C)NC(=O)NC1c1ccccc1OCc1ccc(Cl)c(Cl)c1. The van der Waals surface area contributed by atoms with Crippen LogP contribution in [0, 0.1) is 0 Å². The summed E-state index contributed by atoms with van der Waals surface area (Å²) in [5.41, 5.74) is 2.21. The molecule has 1 unspecified atom stereocenters. The molecule has 3 rings (SSSR count). The molecule has 0 radical (unpaired) electrons. The lowest BCUT2D eigenvalue weighted by atomic mass is 9.95. The third kappa shape index (κ3) is 4.24. The number of carbonyl (C=O) groups is 2. The number of nitrogens with one attached hydrogen (secondary N) is 2. The number of methoxy groups -OCH3 is 1. The lowest BCUT2D eigenvalue weighted by Gasteiger charge is -2.29. The minimum atomic E-state index is -0.703. The highest BCUT2D eigenvalue weighted by Crippen LogP contribution is 2.34. The number of amides is 2. The zero-order valence-electron chi connectivity index (χ0n) is 15.2. The van der Waals surface area contributed by atoms with Gasteiger partial charge in [-0.2, -0.15) is 0 Å². The van der Waals surface area contributed by atoms with Crippen molar-refractivity contribution >= 4 is 35.2 Å². The smallest absolute Gasteiger partial charge is 0.337 e. The molecule has 2 aromatic rings. The molecule has 2 aromatic carbocycles. The fraction of sp³-hybridized carbons (Fsp3) is 0.200. The second-order valence-electron chi connectivity index (χ2n) is 6.14. The topological polar surface area (TPSA) is 76.7 Å². The molecular formula is C20H18Cl2N2O4. The van der Waals surface area contributed by atoms with E-state index < -0.39 is 18.0 Å². The second kappa shape index (κ2) is 8.54. The van der Waals surface area contributed by atoms with Crippen molar-refractivity contribution in [2.75, 3.05) is 7.11 Å². The number of esters is 1. The number of hydrogen-bond acceptors (Lipinski definition) is 4. The van der Waals surface area contributed by atoms with Gasteiger partial charge in [-0.05, 0) is 30.7 Å². The first-order chi connectivity index (χ1) is 13.4. The van der Waals surface area contributed by atoms with Crippen molar-refractivity contribution in [3.63, 3.8) is 0 Å². The van der Waals surface area contributed by atoms with Crippen molar-refractivity contribution in [1.29, 1.82) is 0 Å². The number of para-hydroxylation sites is 1. The molecule has 0 saturated heterocycles. The molecule has 8 heteroatoms. The number of ether oxygens (including phenoxy) is 2. The quantitative estimate of drug-likeness (QED) is 0.703. The maximum atomic E-state index is 12.3. The number of allylic oxidation sites excluding steroid dienone is 1. The van der Waals surface area contributed by atoms with Crippen molar-refractivity contribution in [1.82, 2.24) is 10.6 Å². The highest BCUT2D eigenvalue weighted by Gasteiger charge is 2.33. The average molecular weight is 421 g/mol. The van der Waals surface area contributed by atoms with E-state index in [1.54, 1.807) is 37.3 Å². The predicted molar refractivity (Wildman–Crippen MR) is 106 cm³/mol. The highest BCUT2D eigenvalue weighted by molar-refractivity contribution is 6.42. The maximum absolute atomic E-state index is 12.3. The normalized spacial score (nSPS) is 16.3. The molecule has 1 heterocycles. The Balaban J connectivity index is 1.92. The van der Waals surface area contributed by atoms with E-state index in [9.17, 15) is 9.59 Å². The fourth-order valence-corrected chi connectivity index (χ4v) is 3.27. The van der Waals surface area contributed by atoms with Crippen LogP contribution in [0.15, 0.2) is 53.7 Å². The third-order valence-electron chi connectivity index (χ3n) is 4.28. The molecule has 0 aromatic heterocycles. The third-order valence-corrected chi connectivity index (χ3v) is 5.02. The summed E-state index contributed by atoms with van der Waals surface area (Å²) in [5.74, 6) is -0.00994. The van der Waals surface area contributed by atoms with E-state index in [-0.39, 0.29) is 6.61 Å². The average Bonchev–Trinajstić information content (AvgIpc) is 2.68. The van der Waals surface area contributed by atoms with E-state index in [1.807, 2.05) is 12.1 Å². The van der Waals surface area contributed by atoms with Gasteiger partial charge in [0.1, 0.15) is 12.4 Å². The van der Waals surface area contributed by atoms with Gasteiger partial charge in [-0.15, -0.1) is 0 Å². The number of halogens is 2. The van der Waals surface area contributed by atoms with Crippen LogP contribution in [-0.2, 0) is 16.1 Å². The molecule has 2 N–H and O–H groups in total. The molecule has 1 atom stereocenters. The first-order valence-corrected chi connectivity index (χ1v) is 9.18. The van der Waals surface area contributed by atoms with E-state index in [2.05, 4.69) is 10.6 Å². The van der Waals surface area contributed by atoms with E-state index in [1.165, 1.54) is 7.11 Å². The summed E-state index contributed by atoms with van der Waals surface area (Å²) >= 11 is 12.0. The van der Waals surface area contributed by atoms with Gasteiger partial charge in [-0.1, -0.05) is 47.5 Å². The van der Waals surface area contributed by atoms with Crippen LogP contribution in [-0.4, -0.2) is 19.1 Å². The maximum Gasteiger partial charge on any atom is 0.337 e. The van der Waals surface area contributed by atoms with E-state index in [0.29, 0.717) is 32.6 Å². The first kappa shape index (κ1) is 20.0. The van der Waals surface area contributed by atoms with Gasteiger partial charge in [0, 0.05) is 11.3 Å². The minimum Gasteiger partial charge on any atom is -0.489 e. The Kier molecular flexibility index (Phi) is 6.11. The van der Waals surface area contributed by atoms with Crippen LogP contribution in [0.1, 0.15) is 24.1 Å². The molecule has 2 amide bonds. The predicted octanol–water partition coefficient (Wildman–Crippen LogP) is 4.37. The Morgan fingerprint density at radius 2 is 1.89 bits per heavy atom. The van der Waals surface area contributed by atoms with Crippen molar-refractivity contribution in [2.24, 2.45) is 0 Å². The molecule has 28 heavy (non-hydrogen) atoms. The summed E-state index contributed by atoms with van der Waals surface area (Å²) in [6.07, 6.45) is 0. The Morgan fingerprint density at radius 3 is 2.61 bits per heavy atom. The van der Waals surface area contributed by atoms with E-state index in [4.69, 9.17) is 32.7 Å². The van der Waals surface area contributed by atoms with Crippen LogP contribution in [0.3, 0.4) is 0 Å². The molecule has 0 aliphatic carbocycles. The lowest BCUT2D eigenvalue weighted by Crippen LogP contribution is -2.45. The Bertz CT molecular complexity index is 959. The molecule has 1 aliphatic heterocycles. The zero-order chi connectivity index (χ0) is 20.3. The van der Waals surface area contributed by atoms with Gasteiger partial charge in [0.2, 0.25) is 0 Å². The van der Waals surface area contributed by atoms with Crippen molar-refractivity contribution < 1.29 is 19.1 Å². The molecule has 0 saturated carbocycles. The molecule has 0 bridgehead atoms. The summed E-state index contributed by atoms with van der Waals surface area (Å²) in [6, 6.07) is 11.3. The van der Waals surface area contributed by atoms with Crippen molar-refractivity contribution in [3.05, 3.63) is 74.9 Å². The molecule has 146 valence electrons. The number of carbonyl (C=O) groups excluding carboxylic acids is 2. The number of urea groups is 1. The monoisotopic (exact) mass is 420 g/mol. The Labute approximate surface area is 172 Å². The largest absolute Gasteiger partial charge is 0.489 e. The van der Waals surface area contributed by atoms with Crippen LogP contribution in [0.25, 0.3) is 0 Å². The van der Waals surface area contributed by atoms with Gasteiger partial charge in [0.15, 0.2) is 0 Å². The van der Waals surface area contributed by atoms with E-state index in [0.717, 1.165) is 5.56 Å². The van der Waals surface area contributed by atoms with Crippen LogP contribution in [0.4, 0.5) is 4.79 Å². The van der Waals surface area contributed by atoms with Gasteiger partial charge < -0.3 is 20.1 Å². The summed E-state index contributed by atoms with van der Waals surface area (Å²) in [7, 11) is 1.29. The zero-order valence-corrected chi connectivity index (χ0v) is 16.7. The van der Waals surface area contributed by atoms with Crippen LogP contribution in [0.5, 0.6) is 5.75 Å². The highest BCUT2D eigenvalue weighted by atomic mass is 35.5. The number of benzene rings is 2. The fourth-order valence-electron chi connectivity index (χ4n) is 2.95. The van der Waals surface area contributed by atoms with Crippen LogP contribution in [0.2, 0.25) is 10.0 Å². The minimum absolute atomic E-state index is 0.239. The Hall–Kier alpha value is -2.70. The standard InChI is InChI=1S/C20H18Cl2N2O4/c1-11-17(19(25)27-2)18(24-20(26)23-11)13-5-3-4-6-16(13)28-10-12-7-8-14(21)15(22)9-12/h3-9,18H,10H2,1-2H3,(H2,23,24,26).